The number of hydrogen-bond donors (Lipinski definition) is 1. The zero-order valence-electron chi connectivity index (χ0n) is 14.1. The first-order valence-corrected chi connectivity index (χ1v) is 8.31. The molecular weight excluding hydrogens is 262 g/mol. The van der Waals surface area contributed by atoms with Gasteiger partial charge in [-0.15, -0.1) is 0 Å². The van der Waals surface area contributed by atoms with Gasteiger partial charge in [-0.3, -0.25) is 0 Å². The van der Waals surface area contributed by atoms with Gasteiger partial charge in [0.05, 0.1) is 0 Å². The molecule has 0 atom stereocenters. The van der Waals surface area contributed by atoms with Gasteiger partial charge in [0.1, 0.15) is 11.4 Å². The Bertz CT molecular complexity index is 479. The van der Waals surface area contributed by atoms with Gasteiger partial charge in [-0.25, -0.2) is 9.97 Å². The Labute approximate surface area is 128 Å². The van der Waals surface area contributed by atoms with Crippen molar-refractivity contribution in [3.8, 4) is 0 Å². The molecule has 1 aromatic heterocycles. The fourth-order valence-corrected chi connectivity index (χ4v) is 3.43. The lowest BCUT2D eigenvalue weighted by Gasteiger charge is -2.29. The van der Waals surface area contributed by atoms with E-state index in [1.165, 1.54) is 18.4 Å². The molecule has 1 aliphatic rings. The molecule has 0 spiro atoms. The summed E-state index contributed by atoms with van der Waals surface area (Å²) in [5.74, 6) is 2.28. The standard InChI is InChI=1S/C17H29N3O/c1-6-18-15-14(12(3)4)13(5)19-16(20-15)17(21-7-2)10-8-9-11-17/h12H,6-11H2,1-5H3,(H,18,19,20). The second kappa shape index (κ2) is 6.73. The summed E-state index contributed by atoms with van der Waals surface area (Å²) in [4.78, 5) is 9.70. The van der Waals surface area contributed by atoms with E-state index in [9.17, 15) is 0 Å². The maximum Gasteiger partial charge on any atom is 0.162 e. The van der Waals surface area contributed by atoms with Crippen molar-refractivity contribution >= 4 is 5.82 Å². The zero-order valence-corrected chi connectivity index (χ0v) is 14.1. The minimum absolute atomic E-state index is 0.265. The zero-order chi connectivity index (χ0) is 15.5. The van der Waals surface area contributed by atoms with E-state index < -0.39 is 0 Å². The van der Waals surface area contributed by atoms with Gasteiger partial charge >= 0.3 is 0 Å². The molecule has 1 fully saturated rings. The molecule has 0 bridgehead atoms. The second-order valence-corrected chi connectivity index (χ2v) is 6.21. The molecule has 0 aromatic carbocycles. The summed E-state index contributed by atoms with van der Waals surface area (Å²) >= 11 is 0. The summed E-state index contributed by atoms with van der Waals surface area (Å²) in [6.07, 6.45) is 4.47. The third-order valence-electron chi connectivity index (χ3n) is 4.30. The summed E-state index contributed by atoms with van der Waals surface area (Å²) < 4.78 is 6.11. The van der Waals surface area contributed by atoms with Crippen molar-refractivity contribution in [3.63, 3.8) is 0 Å². The average Bonchev–Trinajstić information content (AvgIpc) is 2.88. The van der Waals surface area contributed by atoms with E-state index in [4.69, 9.17) is 14.7 Å². The molecule has 0 radical (unpaired) electrons. The Hall–Kier alpha value is -1.16. The van der Waals surface area contributed by atoms with Gasteiger partial charge in [-0.05, 0) is 52.4 Å². The van der Waals surface area contributed by atoms with Gasteiger partial charge in [-0.1, -0.05) is 13.8 Å². The highest BCUT2D eigenvalue weighted by atomic mass is 16.5. The third-order valence-corrected chi connectivity index (χ3v) is 4.30. The number of nitrogens with one attached hydrogen (secondary N) is 1. The molecule has 1 saturated carbocycles. The monoisotopic (exact) mass is 291 g/mol. The van der Waals surface area contributed by atoms with E-state index in [0.717, 1.165) is 36.7 Å². The van der Waals surface area contributed by atoms with E-state index in [-0.39, 0.29) is 5.60 Å². The fourth-order valence-electron chi connectivity index (χ4n) is 3.43. The maximum absolute atomic E-state index is 6.11. The largest absolute Gasteiger partial charge is 0.370 e. The molecule has 0 saturated heterocycles. The minimum atomic E-state index is -0.265. The van der Waals surface area contributed by atoms with Gasteiger partial charge in [0.2, 0.25) is 0 Å². The van der Waals surface area contributed by atoms with E-state index in [1.54, 1.807) is 0 Å². The van der Waals surface area contributed by atoms with Crippen molar-refractivity contribution in [2.24, 2.45) is 0 Å². The van der Waals surface area contributed by atoms with E-state index in [2.05, 4.69) is 39.9 Å². The van der Waals surface area contributed by atoms with Gasteiger partial charge in [0.15, 0.2) is 5.82 Å². The van der Waals surface area contributed by atoms with Crippen LogP contribution in [0, 0.1) is 6.92 Å². The topological polar surface area (TPSA) is 47.0 Å². The first-order valence-electron chi connectivity index (χ1n) is 8.31. The SMILES string of the molecule is CCNc1nc(C2(OCC)CCCC2)nc(C)c1C(C)C. The van der Waals surface area contributed by atoms with E-state index >= 15 is 0 Å². The fraction of sp³-hybridized carbons (Fsp3) is 0.765. The molecule has 4 heteroatoms. The van der Waals surface area contributed by atoms with Gasteiger partial charge in [-0.2, -0.15) is 0 Å². The number of aryl methyl sites for hydroxylation is 1. The highest BCUT2D eigenvalue weighted by Crippen LogP contribution is 2.41. The van der Waals surface area contributed by atoms with Crippen LogP contribution in [0.25, 0.3) is 0 Å². The van der Waals surface area contributed by atoms with Gasteiger partial charge < -0.3 is 10.1 Å². The molecule has 4 nitrogen and oxygen atoms in total. The summed E-state index contributed by atoms with van der Waals surface area (Å²) in [5, 5.41) is 3.41. The quantitative estimate of drug-likeness (QED) is 0.855. The van der Waals surface area contributed by atoms with E-state index in [0.29, 0.717) is 12.5 Å². The van der Waals surface area contributed by atoms with Crippen molar-refractivity contribution in [3.05, 3.63) is 17.1 Å². The highest BCUT2D eigenvalue weighted by molar-refractivity contribution is 5.48. The predicted molar refractivity (Wildman–Crippen MR) is 86.8 cm³/mol. The molecule has 1 aromatic rings. The van der Waals surface area contributed by atoms with Crippen molar-refractivity contribution in [1.29, 1.82) is 0 Å². The third kappa shape index (κ3) is 3.20. The Kier molecular flexibility index (Phi) is 5.20. The Morgan fingerprint density at radius 3 is 2.38 bits per heavy atom. The highest BCUT2D eigenvalue weighted by Gasteiger charge is 2.40. The summed E-state index contributed by atoms with van der Waals surface area (Å²) in [7, 11) is 0. The molecule has 1 heterocycles. The molecule has 118 valence electrons. The van der Waals surface area contributed by atoms with Crippen LogP contribution in [0.3, 0.4) is 0 Å². The molecule has 1 N–H and O–H groups in total. The van der Waals surface area contributed by atoms with Crippen LogP contribution in [0.2, 0.25) is 0 Å². The van der Waals surface area contributed by atoms with Crippen LogP contribution in [-0.2, 0) is 10.3 Å². The Balaban J connectivity index is 2.49. The lowest BCUT2D eigenvalue weighted by molar-refractivity contribution is -0.0457. The first kappa shape index (κ1) is 16.2. The van der Waals surface area contributed by atoms with Crippen molar-refractivity contribution in [2.45, 2.75) is 71.8 Å². The van der Waals surface area contributed by atoms with Crippen LogP contribution >= 0.6 is 0 Å². The van der Waals surface area contributed by atoms with Crippen LogP contribution in [-0.4, -0.2) is 23.1 Å². The number of aromatic nitrogens is 2. The number of nitrogens with zero attached hydrogens (tertiary/aromatic N) is 2. The van der Waals surface area contributed by atoms with E-state index in [1.807, 2.05) is 0 Å². The van der Waals surface area contributed by atoms with Crippen LogP contribution in [0.1, 0.15) is 76.4 Å². The number of ether oxygens (including phenoxy) is 1. The number of rotatable bonds is 6. The van der Waals surface area contributed by atoms with Crippen LogP contribution in [0.15, 0.2) is 0 Å². The first-order chi connectivity index (χ1) is 10.0. The summed E-state index contributed by atoms with van der Waals surface area (Å²) in [5.41, 5.74) is 2.04. The van der Waals surface area contributed by atoms with Crippen molar-refractivity contribution < 1.29 is 4.74 Å². The number of anilines is 1. The molecule has 0 amide bonds. The lowest BCUT2D eigenvalue weighted by Crippen LogP contribution is -2.30. The van der Waals surface area contributed by atoms with Gasteiger partial charge in [0.25, 0.3) is 0 Å². The Morgan fingerprint density at radius 2 is 1.86 bits per heavy atom. The molecular formula is C17H29N3O. The van der Waals surface area contributed by atoms with Crippen molar-refractivity contribution in [2.75, 3.05) is 18.5 Å². The molecule has 0 unspecified atom stereocenters. The van der Waals surface area contributed by atoms with Crippen LogP contribution in [0.4, 0.5) is 5.82 Å². The van der Waals surface area contributed by atoms with Gasteiger partial charge in [0, 0.05) is 24.4 Å². The molecule has 2 rings (SSSR count). The van der Waals surface area contributed by atoms with Crippen LogP contribution < -0.4 is 5.32 Å². The normalized spacial score (nSPS) is 17.4. The summed E-state index contributed by atoms with van der Waals surface area (Å²) in [6, 6.07) is 0. The Morgan fingerprint density at radius 1 is 1.19 bits per heavy atom. The molecule has 0 aliphatic heterocycles. The minimum Gasteiger partial charge on any atom is -0.370 e. The molecule has 21 heavy (non-hydrogen) atoms. The van der Waals surface area contributed by atoms with Crippen molar-refractivity contribution in [1.82, 2.24) is 9.97 Å². The predicted octanol–water partition coefficient (Wildman–Crippen LogP) is 4.15. The smallest absolute Gasteiger partial charge is 0.162 e. The molecule has 1 aliphatic carbocycles. The lowest BCUT2D eigenvalue weighted by atomic mass is 9.98. The maximum atomic E-state index is 6.11. The van der Waals surface area contributed by atoms with Crippen LogP contribution in [0.5, 0.6) is 0 Å². The summed E-state index contributed by atoms with van der Waals surface area (Å²) in [6.45, 7) is 12.2. The number of hydrogen-bond acceptors (Lipinski definition) is 4. The average molecular weight is 291 g/mol. The second-order valence-electron chi connectivity index (χ2n) is 6.21.